The normalized spacial score (nSPS) is 19.7. The van der Waals surface area contributed by atoms with Crippen LogP contribution in [0, 0.1) is 5.92 Å². The first-order chi connectivity index (χ1) is 6.24. The maximum absolute atomic E-state index is 10.4. The van der Waals surface area contributed by atoms with Crippen LogP contribution in [0.1, 0.15) is 13.8 Å². The van der Waals surface area contributed by atoms with E-state index in [9.17, 15) is 4.79 Å². The van der Waals surface area contributed by atoms with Gasteiger partial charge in [0.1, 0.15) is 19.0 Å². The fourth-order valence-electron chi connectivity index (χ4n) is 0.855. The molecule has 0 aromatic heterocycles. The summed E-state index contributed by atoms with van der Waals surface area (Å²) >= 11 is 0. The number of hydrogen-bond donors (Lipinski definition) is 0. The second-order valence-electron chi connectivity index (χ2n) is 3.04. The third-order valence-electron chi connectivity index (χ3n) is 1.95. The van der Waals surface area contributed by atoms with Crippen molar-refractivity contribution in [1.82, 2.24) is 0 Å². The van der Waals surface area contributed by atoms with Crippen molar-refractivity contribution in [1.29, 1.82) is 0 Å². The fraction of sp³-hybridized carbons (Fsp3) is 0.500. The van der Waals surface area contributed by atoms with E-state index in [1.807, 2.05) is 26.0 Å². The van der Waals surface area contributed by atoms with Crippen molar-refractivity contribution < 1.29 is 14.3 Å². The number of aldehydes is 1. The lowest BCUT2D eigenvalue weighted by molar-refractivity contribution is -0.115. The lowest BCUT2D eigenvalue weighted by atomic mass is 10.1. The lowest BCUT2D eigenvalue weighted by Crippen LogP contribution is -2.20. The zero-order valence-electron chi connectivity index (χ0n) is 7.90. The van der Waals surface area contributed by atoms with Crippen LogP contribution in [-0.4, -0.2) is 19.0 Å². The van der Waals surface area contributed by atoms with Crippen molar-refractivity contribution >= 4 is 6.29 Å². The molecule has 0 spiro atoms. The van der Waals surface area contributed by atoms with Gasteiger partial charge in [0, 0.05) is 12.0 Å². The molecule has 3 nitrogen and oxygen atoms in total. The zero-order valence-corrected chi connectivity index (χ0v) is 7.90. The van der Waals surface area contributed by atoms with E-state index in [2.05, 4.69) is 0 Å². The van der Waals surface area contributed by atoms with E-state index < -0.39 is 0 Å². The topological polar surface area (TPSA) is 35.5 Å². The number of carbonyl (C=O) groups is 1. The van der Waals surface area contributed by atoms with Gasteiger partial charge < -0.3 is 14.3 Å². The van der Waals surface area contributed by atoms with E-state index >= 15 is 0 Å². The number of hydrogen-bond acceptors (Lipinski definition) is 3. The van der Waals surface area contributed by atoms with Crippen molar-refractivity contribution in [3.63, 3.8) is 0 Å². The summed E-state index contributed by atoms with van der Waals surface area (Å²) in [4.78, 5) is 10.4. The molecule has 0 saturated heterocycles. The Bertz CT molecular complexity index is 230. The highest BCUT2D eigenvalue weighted by atomic mass is 16.7. The van der Waals surface area contributed by atoms with E-state index in [0.29, 0.717) is 12.6 Å². The van der Waals surface area contributed by atoms with Gasteiger partial charge in [-0.1, -0.05) is 13.0 Å². The molecule has 0 radical (unpaired) electrons. The minimum Gasteiger partial charge on any atom is -0.462 e. The first kappa shape index (κ1) is 9.84. The second kappa shape index (κ2) is 4.70. The third kappa shape index (κ3) is 2.93. The summed E-state index contributed by atoms with van der Waals surface area (Å²) in [5.74, 6) is 0.374. The SMILES string of the molecule is CC(C=O)[C@H](C)OC1=CC=CCO1. The van der Waals surface area contributed by atoms with Crippen LogP contribution in [0.2, 0.25) is 0 Å². The summed E-state index contributed by atoms with van der Waals surface area (Å²) in [6.45, 7) is 4.20. The average Bonchev–Trinajstić information content (AvgIpc) is 2.18. The molecule has 0 saturated carbocycles. The second-order valence-corrected chi connectivity index (χ2v) is 3.04. The summed E-state index contributed by atoms with van der Waals surface area (Å²) in [5, 5.41) is 0. The Morgan fingerprint density at radius 2 is 2.38 bits per heavy atom. The smallest absolute Gasteiger partial charge is 0.279 e. The zero-order chi connectivity index (χ0) is 9.68. The highest BCUT2D eigenvalue weighted by Gasteiger charge is 2.14. The predicted molar refractivity (Wildman–Crippen MR) is 49.0 cm³/mol. The summed E-state index contributed by atoms with van der Waals surface area (Å²) in [5.41, 5.74) is 0. The molecular weight excluding hydrogens is 168 g/mol. The van der Waals surface area contributed by atoms with Gasteiger partial charge in [0.05, 0.1) is 0 Å². The van der Waals surface area contributed by atoms with Gasteiger partial charge in [-0.2, -0.15) is 0 Å². The predicted octanol–water partition coefficient (Wildman–Crippen LogP) is 1.65. The van der Waals surface area contributed by atoms with Crippen LogP contribution in [0.15, 0.2) is 24.2 Å². The van der Waals surface area contributed by atoms with Gasteiger partial charge in [0.25, 0.3) is 5.95 Å². The van der Waals surface area contributed by atoms with Gasteiger partial charge in [0.2, 0.25) is 0 Å². The molecule has 1 rings (SSSR count). The Kier molecular flexibility index (Phi) is 3.55. The van der Waals surface area contributed by atoms with Crippen molar-refractivity contribution in [3.05, 3.63) is 24.2 Å². The monoisotopic (exact) mass is 182 g/mol. The van der Waals surface area contributed by atoms with Gasteiger partial charge in [-0.25, -0.2) is 0 Å². The Hall–Kier alpha value is -1.25. The highest BCUT2D eigenvalue weighted by molar-refractivity contribution is 5.53. The first-order valence-electron chi connectivity index (χ1n) is 4.35. The highest BCUT2D eigenvalue weighted by Crippen LogP contribution is 2.13. The Labute approximate surface area is 78.0 Å². The van der Waals surface area contributed by atoms with E-state index in [-0.39, 0.29) is 12.0 Å². The number of allylic oxidation sites excluding steroid dienone is 2. The minimum absolute atomic E-state index is 0.115. The Morgan fingerprint density at radius 3 is 2.92 bits per heavy atom. The summed E-state index contributed by atoms with van der Waals surface area (Å²) in [7, 11) is 0. The lowest BCUT2D eigenvalue weighted by Gasteiger charge is -2.20. The fourth-order valence-corrected chi connectivity index (χ4v) is 0.855. The van der Waals surface area contributed by atoms with E-state index in [4.69, 9.17) is 9.47 Å². The Balaban J connectivity index is 2.43. The Morgan fingerprint density at radius 1 is 1.62 bits per heavy atom. The van der Waals surface area contributed by atoms with Crippen LogP contribution in [0.5, 0.6) is 0 Å². The number of ether oxygens (including phenoxy) is 2. The van der Waals surface area contributed by atoms with Crippen LogP contribution in [-0.2, 0) is 14.3 Å². The van der Waals surface area contributed by atoms with Gasteiger partial charge >= 0.3 is 0 Å². The van der Waals surface area contributed by atoms with Crippen LogP contribution in [0.4, 0.5) is 0 Å². The van der Waals surface area contributed by atoms with Crippen molar-refractivity contribution in [2.24, 2.45) is 5.92 Å². The molecule has 0 N–H and O–H groups in total. The van der Waals surface area contributed by atoms with Crippen molar-refractivity contribution in [2.75, 3.05) is 6.61 Å². The van der Waals surface area contributed by atoms with Gasteiger partial charge in [-0.05, 0) is 13.0 Å². The maximum atomic E-state index is 10.4. The quantitative estimate of drug-likeness (QED) is 0.620. The molecule has 0 bridgehead atoms. The van der Waals surface area contributed by atoms with Gasteiger partial charge in [-0.3, -0.25) is 0 Å². The molecule has 72 valence electrons. The van der Waals surface area contributed by atoms with Crippen LogP contribution < -0.4 is 0 Å². The molecule has 1 heterocycles. The summed E-state index contributed by atoms with van der Waals surface area (Å²) in [6, 6.07) is 0. The molecule has 13 heavy (non-hydrogen) atoms. The molecule has 1 aliphatic heterocycles. The number of rotatable bonds is 4. The molecule has 0 aliphatic carbocycles. The summed E-state index contributed by atoms with van der Waals surface area (Å²) in [6.07, 6.45) is 6.24. The summed E-state index contributed by atoms with van der Waals surface area (Å²) < 4.78 is 10.6. The molecule has 0 aromatic rings. The molecule has 0 aromatic carbocycles. The molecular formula is C10H14O3. The molecule has 0 amide bonds. The van der Waals surface area contributed by atoms with Crippen molar-refractivity contribution in [3.8, 4) is 0 Å². The van der Waals surface area contributed by atoms with E-state index in [0.717, 1.165) is 6.29 Å². The van der Waals surface area contributed by atoms with Crippen LogP contribution in [0.25, 0.3) is 0 Å². The van der Waals surface area contributed by atoms with Gasteiger partial charge in [0.15, 0.2) is 0 Å². The molecule has 1 aliphatic rings. The van der Waals surface area contributed by atoms with E-state index in [1.165, 1.54) is 0 Å². The molecule has 0 fully saturated rings. The third-order valence-corrected chi connectivity index (χ3v) is 1.95. The number of carbonyl (C=O) groups excluding carboxylic acids is 1. The molecule has 2 atom stereocenters. The largest absolute Gasteiger partial charge is 0.462 e. The molecule has 1 unspecified atom stereocenters. The standard InChI is InChI=1S/C10H14O3/c1-8(7-11)9(2)13-10-5-3-4-6-12-10/h3-5,7-9H,6H2,1-2H3/t8?,9-/m0/s1. The van der Waals surface area contributed by atoms with Gasteiger partial charge in [-0.15, -0.1) is 0 Å². The van der Waals surface area contributed by atoms with Crippen LogP contribution in [0.3, 0.4) is 0 Å². The average molecular weight is 182 g/mol. The van der Waals surface area contributed by atoms with Crippen molar-refractivity contribution in [2.45, 2.75) is 20.0 Å². The first-order valence-corrected chi connectivity index (χ1v) is 4.35. The molecule has 3 heteroatoms. The minimum atomic E-state index is -0.143. The van der Waals surface area contributed by atoms with Crippen LogP contribution >= 0.6 is 0 Å². The van der Waals surface area contributed by atoms with E-state index in [1.54, 1.807) is 6.08 Å². The maximum Gasteiger partial charge on any atom is 0.279 e.